The molecule has 0 spiro atoms. The Balaban J connectivity index is 1.73. The highest BCUT2D eigenvalue weighted by Gasteiger charge is 2.31. The Kier molecular flexibility index (Phi) is 8.51. The summed E-state index contributed by atoms with van der Waals surface area (Å²) in [5.74, 6) is -3.48. The fourth-order valence-electron chi connectivity index (χ4n) is 3.49. The van der Waals surface area contributed by atoms with E-state index in [2.05, 4.69) is 20.9 Å². The molecule has 194 valence electrons. The molecule has 2 aromatic carbocycles. The van der Waals surface area contributed by atoms with Gasteiger partial charge in [-0.2, -0.15) is 0 Å². The van der Waals surface area contributed by atoms with Crippen LogP contribution in [-0.4, -0.2) is 45.1 Å². The van der Waals surface area contributed by atoms with Crippen LogP contribution >= 0.6 is 23.2 Å². The molecular weight excluding hydrogens is 527 g/mol. The van der Waals surface area contributed by atoms with Crippen LogP contribution in [0.4, 0.5) is 17.1 Å². The van der Waals surface area contributed by atoms with E-state index < -0.39 is 46.7 Å². The van der Waals surface area contributed by atoms with E-state index in [1.807, 2.05) is 0 Å². The number of halogens is 2. The number of amides is 1. The molecule has 0 fully saturated rings. The topological polar surface area (TPSA) is 175 Å². The summed E-state index contributed by atoms with van der Waals surface area (Å²) in [5.41, 5.74) is -1.42. The fourth-order valence-corrected chi connectivity index (χ4v) is 4.03. The molecule has 0 saturated heterocycles. The van der Waals surface area contributed by atoms with Crippen LogP contribution in [0.3, 0.4) is 0 Å². The van der Waals surface area contributed by atoms with E-state index in [0.717, 1.165) is 0 Å². The molecule has 0 aliphatic rings. The van der Waals surface area contributed by atoms with Crippen molar-refractivity contribution >= 4 is 58.1 Å². The van der Waals surface area contributed by atoms with Crippen molar-refractivity contribution in [3.05, 3.63) is 78.3 Å². The van der Waals surface area contributed by atoms with E-state index in [9.17, 15) is 34.2 Å². The molecule has 0 aliphatic carbocycles. The smallest absolute Gasteiger partial charge is 0.326 e. The second-order valence-electron chi connectivity index (χ2n) is 8.48. The van der Waals surface area contributed by atoms with Gasteiger partial charge >= 0.3 is 11.9 Å². The lowest BCUT2D eigenvalue weighted by molar-refractivity contribution is -0.139. The normalized spacial score (nSPS) is 12.7. The number of anilines is 3. The van der Waals surface area contributed by atoms with Crippen LogP contribution in [0.2, 0.25) is 10.0 Å². The molecular formula is C24H22Cl2N4O7. The first-order valence-corrected chi connectivity index (χ1v) is 11.7. The van der Waals surface area contributed by atoms with Gasteiger partial charge in [0.05, 0.1) is 15.6 Å². The zero-order chi connectivity index (χ0) is 27.4. The molecule has 3 rings (SSSR count). The third-order valence-electron chi connectivity index (χ3n) is 5.49. The van der Waals surface area contributed by atoms with Crippen LogP contribution in [0.1, 0.15) is 29.8 Å². The molecule has 37 heavy (non-hydrogen) atoms. The molecule has 0 bridgehead atoms. The number of nitrogens with one attached hydrogen (secondary N) is 3. The lowest BCUT2D eigenvalue weighted by Gasteiger charge is -2.24. The summed E-state index contributed by atoms with van der Waals surface area (Å²) in [6.07, 6.45) is 2.48. The number of rotatable bonds is 11. The summed E-state index contributed by atoms with van der Waals surface area (Å²) < 4.78 is 0. The highest BCUT2D eigenvalue weighted by molar-refractivity contribution is 6.40. The number of carboxylic acid groups (broad SMARTS) is 2. The van der Waals surface area contributed by atoms with E-state index >= 15 is 0 Å². The van der Waals surface area contributed by atoms with E-state index in [0.29, 0.717) is 11.3 Å². The molecule has 2 atom stereocenters. The number of nitrogens with zero attached hydrogens (tertiary/aromatic N) is 1. The zero-order valence-electron chi connectivity index (χ0n) is 19.5. The Bertz CT molecular complexity index is 1400. The molecule has 5 N–H and O–H groups in total. The Morgan fingerprint density at radius 3 is 1.92 bits per heavy atom. The number of aromatic nitrogens is 1. The van der Waals surface area contributed by atoms with Gasteiger partial charge in [-0.15, -0.1) is 0 Å². The monoisotopic (exact) mass is 548 g/mol. The number of carbonyl (C=O) groups excluding carboxylic acids is 1. The second-order valence-corrected chi connectivity index (χ2v) is 9.30. The maximum atomic E-state index is 12.5. The van der Waals surface area contributed by atoms with E-state index in [4.69, 9.17) is 23.2 Å². The SMILES string of the molecule is CC(C)[C@H](Nc1c(N[C@@H](Cc2ccc(NC(=O)c3c(Cl)cncc3Cl)cc2)C(=O)O)c(=O)c1=O)C(=O)O. The number of benzene rings is 1. The van der Waals surface area contributed by atoms with Crippen LogP contribution in [0.25, 0.3) is 0 Å². The summed E-state index contributed by atoms with van der Waals surface area (Å²) in [4.78, 5) is 63.8. The van der Waals surface area contributed by atoms with Gasteiger partial charge in [-0.3, -0.25) is 19.4 Å². The van der Waals surface area contributed by atoms with Crippen molar-refractivity contribution in [2.24, 2.45) is 5.92 Å². The van der Waals surface area contributed by atoms with Crippen molar-refractivity contribution in [3.63, 3.8) is 0 Å². The van der Waals surface area contributed by atoms with Crippen LogP contribution in [0, 0.1) is 5.92 Å². The summed E-state index contributed by atoms with van der Waals surface area (Å²) in [6.45, 7) is 3.24. The molecule has 0 aliphatic heterocycles. The molecule has 1 heterocycles. The minimum absolute atomic E-state index is 0.0533. The van der Waals surface area contributed by atoms with Gasteiger partial charge in [0.2, 0.25) is 0 Å². The van der Waals surface area contributed by atoms with Gasteiger partial charge in [-0.1, -0.05) is 49.2 Å². The van der Waals surface area contributed by atoms with Crippen molar-refractivity contribution in [3.8, 4) is 0 Å². The van der Waals surface area contributed by atoms with Crippen LogP contribution < -0.4 is 26.8 Å². The van der Waals surface area contributed by atoms with Crippen molar-refractivity contribution in [2.45, 2.75) is 32.4 Å². The largest absolute Gasteiger partial charge is 0.480 e. The number of carbonyl (C=O) groups is 3. The highest BCUT2D eigenvalue weighted by atomic mass is 35.5. The molecule has 3 aromatic rings. The predicted octanol–water partition coefficient (Wildman–Crippen LogP) is 2.87. The van der Waals surface area contributed by atoms with Gasteiger partial charge < -0.3 is 26.2 Å². The summed E-state index contributed by atoms with van der Waals surface area (Å²) in [7, 11) is 0. The molecule has 1 aromatic heterocycles. The maximum Gasteiger partial charge on any atom is 0.326 e. The standard InChI is InChI=1S/C24H22Cl2N4O7/c1-10(2)17(24(36)37)30-19-18(20(31)21(19)32)29-15(23(34)35)7-11-3-5-12(6-4-11)28-22(33)16-13(25)8-27-9-14(16)26/h3-6,8-10,15,17,29-30H,7H2,1-2H3,(H,28,33)(H,34,35)(H,36,37)/t15-,17-/m0/s1. The lowest BCUT2D eigenvalue weighted by Crippen LogP contribution is -2.45. The average molecular weight is 549 g/mol. The van der Waals surface area contributed by atoms with Gasteiger partial charge in [0.15, 0.2) is 0 Å². The van der Waals surface area contributed by atoms with Crippen molar-refractivity contribution in [2.75, 3.05) is 16.0 Å². The quantitative estimate of drug-likeness (QED) is 0.224. The predicted molar refractivity (Wildman–Crippen MR) is 139 cm³/mol. The Hall–Kier alpha value is -3.96. The molecule has 13 heteroatoms. The number of pyridine rings is 1. The van der Waals surface area contributed by atoms with Crippen molar-refractivity contribution in [1.82, 2.24) is 4.98 Å². The first-order valence-electron chi connectivity index (χ1n) is 10.9. The summed E-state index contributed by atoms with van der Waals surface area (Å²) >= 11 is 12.0. The molecule has 1 amide bonds. The zero-order valence-corrected chi connectivity index (χ0v) is 21.1. The molecule has 0 unspecified atom stereocenters. The number of hydrogen-bond donors (Lipinski definition) is 5. The lowest BCUT2D eigenvalue weighted by atomic mass is 10.0. The van der Waals surface area contributed by atoms with Gasteiger partial charge in [-0.05, 0) is 23.6 Å². The fraction of sp³-hybridized carbons (Fsp3) is 0.250. The molecule has 0 saturated carbocycles. The van der Waals surface area contributed by atoms with Gasteiger partial charge in [-0.25, -0.2) is 9.59 Å². The summed E-state index contributed by atoms with van der Waals surface area (Å²) in [6, 6.07) is 3.78. The Morgan fingerprint density at radius 2 is 1.43 bits per heavy atom. The average Bonchev–Trinajstić information content (AvgIpc) is 2.82. The minimum atomic E-state index is -1.30. The van der Waals surface area contributed by atoms with Crippen LogP contribution in [0.5, 0.6) is 0 Å². The number of hydrogen-bond acceptors (Lipinski definition) is 8. The second kappa shape index (κ2) is 11.4. The molecule has 11 nitrogen and oxygen atoms in total. The van der Waals surface area contributed by atoms with Crippen molar-refractivity contribution < 1.29 is 24.6 Å². The van der Waals surface area contributed by atoms with E-state index in [1.54, 1.807) is 38.1 Å². The van der Waals surface area contributed by atoms with E-state index in [1.165, 1.54) is 12.4 Å². The Labute approximate surface area is 220 Å². The maximum absolute atomic E-state index is 12.5. The van der Waals surface area contributed by atoms with E-state index in [-0.39, 0.29) is 33.4 Å². The van der Waals surface area contributed by atoms with Gasteiger partial charge in [0.25, 0.3) is 16.8 Å². The third kappa shape index (κ3) is 6.25. The first kappa shape index (κ1) is 27.6. The highest BCUT2D eigenvalue weighted by Crippen LogP contribution is 2.25. The molecule has 0 radical (unpaired) electrons. The van der Waals surface area contributed by atoms with Crippen LogP contribution in [0.15, 0.2) is 46.2 Å². The van der Waals surface area contributed by atoms with Crippen LogP contribution in [-0.2, 0) is 16.0 Å². The Morgan fingerprint density at radius 1 is 0.892 bits per heavy atom. The van der Waals surface area contributed by atoms with Gasteiger partial charge in [0, 0.05) is 24.5 Å². The third-order valence-corrected chi connectivity index (χ3v) is 6.06. The number of aliphatic carboxylic acids is 2. The van der Waals surface area contributed by atoms with Crippen molar-refractivity contribution in [1.29, 1.82) is 0 Å². The minimum Gasteiger partial charge on any atom is -0.480 e. The first-order chi connectivity index (χ1) is 17.4. The van der Waals surface area contributed by atoms with Gasteiger partial charge in [0.1, 0.15) is 23.5 Å². The number of carboxylic acids is 2. The summed E-state index contributed by atoms with van der Waals surface area (Å²) in [5, 5.41) is 26.9.